The van der Waals surface area contributed by atoms with Gasteiger partial charge in [-0.1, -0.05) is 19.1 Å². The highest BCUT2D eigenvalue weighted by Crippen LogP contribution is 2.50. The van der Waals surface area contributed by atoms with Gasteiger partial charge in [0, 0.05) is 12.2 Å². The van der Waals surface area contributed by atoms with Crippen LogP contribution in [0.15, 0.2) is 30.3 Å². The van der Waals surface area contributed by atoms with Crippen molar-refractivity contribution in [1.82, 2.24) is 0 Å². The van der Waals surface area contributed by atoms with Gasteiger partial charge in [0.05, 0.1) is 40.5 Å². The molecule has 1 fully saturated rings. The van der Waals surface area contributed by atoms with Crippen LogP contribution in [0.2, 0.25) is 0 Å². The summed E-state index contributed by atoms with van der Waals surface area (Å²) >= 11 is 0. The minimum absolute atomic E-state index is 0.130. The summed E-state index contributed by atoms with van der Waals surface area (Å²) in [5.41, 5.74) is 0.741. The van der Waals surface area contributed by atoms with Gasteiger partial charge in [-0.05, 0) is 55.5 Å². The molecule has 39 heavy (non-hydrogen) atoms. The maximum absolute atomic E-state index is 12.3. The van der Waals surface area contributed by atoms with Gasteiger partial charge in [-0.3, -0.25) is 4.79 Å². The summed E-state index contributed by atoms with van der Waals surface area (Å²) in [5, 5.41) is 10.3. The minimum atomic E-state index is -4.05. The molecule has 2 aromatic carbocycles. The zero-order chi connectivity index (χ0) is 28.6. The number of aliphatic hydroxyl groups excluding tert-OH is 1. The smallest absolute Gasteiger partial charge is 0.203 e. The van der Waals surface area contributed by atoms with Crippen molar-refractivity contribution >= 4 is 15.6 Å². The average molecular weight is 567 g/mol. The first-order valence-electron chi connectivity index (χ1n) is 12.9. The summed E-state index contributed by atoms with van der Waals surface area (Å²) < 4.78 is 59.1. The third kappa shape index (κ3) is 7.63. The number of hydrogen-bond donors (Lipinski definition) is 1. The molecule has 3 rings (SSSR count). The second-order valence-electron chi connectivity index (χ2n) is 9.25. The molecular formula is C28H38O10S. The number of ether oxygens (including phenoxy) is 6. The van der Waals surface area contributed by atoms with Crippen molar-refractivity contribution in [3.05, 3.63) is 35.9 Å². The fourth-order valence-corrected chi connectivity index (χ4v) is 5.70. The highest BCUT2D eigenvalue weighted by atomic mass is 32.2. The molecule has 0 aromatic heterocycles. The first kappa shape index (κ1) is 30.7. The van der Waals surface area contributed by atoms with Crippen LogP contribution in [0.25, 0.3) is 11.1 Å². The molecule has 10 nitrogen and oxygen atoms in total. The van der Waals surface area contributed by atoms with Gasteiger partial charge in [0.2, 0.25) is 12.0 Å². The van der Waals surface area contributed by atoms with Gasteiger partial charge in [0.15, 0.2) is 26.8 Å². The summed E-state index contributed by atoms with van der Waals surface area (Å²) in [6, 6.07) is 9.05. The Balaban J connectivity index is 1.92. The Labute approximate surface area is 230 Å². The number of Topliss-reactive ketones (excluding diaryl/α,β-unsaturated/α-hetero) is 1. The molecule has 1 unspecified atom stereocenters. The summed E-state index contributed by atoms with van der Waals surface area (Å²) in [4.78, 5) is 11.3. The Hall–Kier alpha value is -2.86. The SMILES string of the molecule is CCCO[C@H](C[C@@H](O)S(=O)(=O)CC(C)=O)Oc1ccc(-c2c(C3CCCO3)cc(OC)c(OC)c2OC)cc1. The minimum Gasteiger partial charge on any atom is -0.493 e. The van der Waals surface area contributed by atoms with Crippen molar-refractivity contribution in [2.75, 3.05) is 40.3 Å². The lowest BCUT2D eigenvalue weighted by Gasteiger charge is -2.23. The molecule has 11 heteroatoms. The van der Waals surface area contributed by atoms with Crippen molar-refractivity contribution < 1.29 is 46.7 Å². The second kappa shape index (κ2) is 14.0. The van der Waals surface area contributed by atoms with E-state index in [1.165, 1.54) is 0 Å². The molecule has 0 saturated carbocycles. The van der Waals surface area contributed by atoms with Crippen molar-refractivity contribution in [3.63, 3.8) is 0 Å². The molecule has 1 aliphatic heterocycles. The van der Waals surface area contributed by atoms with E-state index in [0.29, 0.717) is 42.6 Å². The first-order valence-corrected chi connectivity index (χ1v) is 14.6. The van der Waals surface area contributed by atoms with Gasteiger partial charge in [0.1, 0.15) is 17.3 Å². The van der Waals surface area contributed by atoms with Crippen LogP contribution in [-0.2, 0) is 24.1 Å². The zero-order valence-corrected chi connectivity index (χ0v) is 23.9. The van der Waals surface area contributed by atoms with E-state index in [-0.39, 0.29) is 12.5 Å². The Morgan fingerprint density at radius 3 is 2.33 bits per heavy atom. The van der Waals surface area contributed by atoms with Gasteiger partial charge in [-0.15, -0.1) is 0 Å². The van der Waals surface area contributed by atoms with E-state index >= 15 is 0 Å². The van der Waals surface area contributed by atoms with E-state index in [1.54, 1.807) is 33.5 Å². The monoisotopic (exact) mass is 566 g/mol. The van der Waals surface area contributed by atoms with Gasteiger partial charge in [-0.25, -0.2) is 8.42 Å². The van der Waals surface area contributed by atoms with E-state index in [2.05, 4.69) is 0 Å². The van der Waals surface area contributed by atoms with Crippen molar-refractivity contribution in [1.29, 1.82) is 0 Å². The highest BCUT2D eigenvalue weighted by Gasteiger charge is 2.30. The van der Waals surface area contributed by atoms with Gasteiger partial charge >= 0.3 is 0 Å². The Morgan fingerprint density at radius 1 is 1.10 bits per heavy atom. The van der Waals surface area contributed by atoms with E-state index in [4.69, 9.17) is 28.4 Å². The molecule has 3 atom stereocenters. The van der Waals surface area contributed by atoms with E-state index < -0.39 is 33.1 Å². The van der Waals surface area contributed by atoms with Crippen molar-refractivity contribution in [2.45, 2.75) is 57.4 Å². The number of hydrogen-bond acceptors (Lipinski definition) is 10. The van der Waals surface area contributed by atoms with E-state index in [1.807, 2.05) is 25.1 Å². The zero-order valence-electron chi connectivity index (χ0n) is 23.1. The Kier molecular flexibility index (Phi) is 11.0. The lowest BCUT2D eigenvalue weighted by atomic mass is 9.93. The summed E-state index contributed by atoms with van der Waals surface area (Å²) in [7, 11) is 0.640. The summed E-state index contributed by atoms with van der Waals surface area (Å²) in [6.45, 7) is 4.03. The topological polar surface area (TPSA) is 127 Å². The molecule has 1 heterocycles. The molecule has 1 saturated heterocycles. The number of sulfone groups is 1. The number of rotatable bonds is 15. The molecule has 0 bridgehead atoms. The molecule has 1 aliphatic rings. The van der Waals surface area contributed by atoms with Crippen LogP contribution in [0.3, 0.4) is 0 Å². The standard InChI is InChI=1S/C28H38O10S/c1-6-13-37-25(16-24(30)39(31,32)17-18(2)29)38-20-11-9-19(10-12-20)26-21(22-8-7-14-36-22)15-23(33-3)27(34-4)28(26)35-5/h9-12,15,22,24-25,30H,6-8,13-14,16-17H2,1-5H3/t22?,24-,25-/m0/s1. The normalized spacial score (nSPS) is 16.9. The summed E-state index contributed by atoms with van der Waals surface area (Å²) in [5.74, 6) is 0.630. The van der Waals surface area contributed by atoms with Crippen molar-refractivity contribution in [2.24, 2.45) is 0 Å². The van der Waals surface area contributed by atoms with Crippen LogP contribution in [0.1, 0.15) is 51.2 Å². The van der Waals surface area contributed by atoms with Crippen LogP contribution in [0.4, 0.5) is 0 Å². The lowest BCUT2D eigenvalue weighted by molar-refractivity contribution is -0.114. The maximum atomic E-state index is 12.3. The van der Waals surface area contributed by atoms with E-state index in [9.17, 15) is 18.3 Å². The van der Waals surface area contributed by atoms with Crippen LogP contribution < -0.4 is 18.9 Å². The lowest BCUT2D eigenvalue weighted by Crippen LogP contribution is -2.34. The third-order valence-corrected chi connectivity index (χ3v) is 8.10. The first-order chi connectivity index (χ1) is 18.6. The molecule has 0 amide bonds. The second-order valence-corrected chi connectivity index (χ2v) is 11.4. The fraction of sp³-hybridized carbons (Fsp3) is 0.536. The van der Waals surface area contributed by atoms with Crippen LogP contribution in [0.5, 0.6) is 23.0 Å². The fourth-order valence-electron chi connectivity index (χ4n) is 4.49. The third-order valence-electron chi connectivity index (χ3n) is 6.27. The summed E-state index contributed by atoms with van der Waals surface area (Å²) in [6.07, 6.45) is 0.962. The molecule has 1 N–H and O–H groups in total. The quantitative estimate of drug-likeness (QED) is 0.315. The van der Waals surface area contributed by atoms with Gasteiger partial charge < -0.3 is 33.5 Å². The predicted octanol–water partition coefficient (Wildman–Crippen LogP) is 4.07. The van der Waals surface area contributed by atoms with Crippen LogP contribution in [0, 0.1) is 0 Å². The van der Waals surface area contributed by atoms with Gasteiger partial charge in [0.25, 0.3) is 0 Å². The molecule has 0 aliphatic carbocycles. The predicted molar refractivity (Wildman–Crippen MR) is 145 cm³/mol. The highest BCUT2D eigenvalue weighted by molar-refractivity contribution is 7.92. The Morgan fingerprint density at radius 2 is 1.79 bits per heavy atom. The Bertz CT molecular complexity index is 1200. The number of benzene rings is 2. The molecular weight excluding hydrogens is 528 g/mol. The van der Waals surface area contributed by atoms with Gasteiger partial charge in [-0.2, -0.15) is 0 Å². The number of ketones is 1. The van der Waals surface area contributed by atoms with Crippen LogP contribution in [-0.4, -0.2) is 71.3 Å². The molecule has 0 spiro atoms. The van der Waals surface area contributed by atoms with E-state index in [0.717, 1.165) is 36.5 Å². The van der Waals surface area contributed by atoms with Crippen LogP contribution >= 0.6 is 0 Å². The largest absolute Gasteiger partial charge is 0.493 e. The number of aliphatic hydroxyl groups is 1. The molecule has 0 radical (unpaired) electrons. The number of carbonyl (C=O) groups is 1. The molecule has 216 valence electrons. The number of carbonyl (C=O) groups excluding carboxylic acids is 1. The molecule has 2 aromatic rings. The average Bonchev–Trinajstić information content (AvgIpc) is 3.45. The maximum Gasteiger partial charge on any atom is 0.203 e. The number of methoxy groups -OCH3 is 3. The van der Waals surface area contributed by atoms with Crippen molar-refractivity contribution in [3.8, 4) is 34.1 Å².